The number of hydrogen-bond donors (Lipinski definition) is 1. The summed E-state index contributed by atoms with van der Waals surface area (Å²) in [6.45, 7) is 6.34. The van der Waals surface area contributed by atoms with Crippen LogP contribution in [0.4, 0.5) is 0 Å². The molecular formula is C36H45ClN4O4. The molecule has 240 valence electrons. The van der Waals surface area contributed by atoms with E-state index in [9.17, 15) is 4.79 Å². The molecule has 9 heteroatoms. The fraction of sp³-hybridized carbons (Fsp3) is 0.444. The monoisotopic (exact) mass is 632 g/mol. The minimum atomic E-state index is -0.169. The zero-order valence-electron chi connectivity index (χ0n) is 26.9. The van der Waals surface area contributed by atoms with Crippen molar-refractivity contribution in [3.8, 4) is 17.2 Å². The number of pyridine rings is 1. The first-order valence-corrected chi connectivity index (χ1v) is 16.4. The summed E-state index contributed by atoms with van der Waals surface area (Å²) >= 11 is 6.93. The van der Waals surface area contributed by atoms with Crippen molar-refractivity contribution in [3.05, 3.63) is 88.3 Å². The maximum Gasteiger partial charge on any atom is 0.255 e. The summed E-state index contributed by atoms with van der Waals surface area (Å²) in [7, 11) is 3.27. The molecule has 0 radical (unpaired) electrons. The molecule has 0 atom stereocenters. The smallest absolute Gasteiger partial charge is 0.255 e. The number of nitrogens with one attached hydrogen (secondary N) is 1. The van der Waals surface area contributed by atoms with Crippen molar-refractivity contribution in [3.63, 3.8) is 0 Å². The van der Waals surface area contributed by atoms with Crippen LogP contribution in [0.25, 0.3) is 5.65 Å². The van der Waals surface area contributed by atoms with Crippen molar-refractivity contribution in [2.75, 3.05) is 33.9 Å². The van der Waals surface area contributed by atoms with Crippen LogP contribution in [0.1, 0.15) is 73.3 Å². The van der Waals surface area contributed by atoms with E-state index in [0.717, 1.165) is 34.8 Å². The third kappa shape index (κ3) is 7.92. The van der Waals surface area contributed by atoms with E-state index >= 15 is 0 Å². The summed E-state index contributed by atoms with van der Waals surface area (Å²) in [6, 6.07) is 18.0. The molecule has 2 aromatic carbocycles. The van der Waals surface area contributed by atoms with Crippen LogP contribution in [0.2, 0.25) is 5.02 Å². The number of fused-ring (bicyclic) bond motifs is 1. The van der Waals surface area contributed by atoms with Crippen molar-refractivity contribution in [2.45, 2.75) is 65.0 Å². The van der Waals surface area contributed by atoms with Gasteiger partial charge in [0.25, 0.3) is 5.91 Å². The van der Waals surface area contributed by atoms with Gasteiger partial charge in [-0.1, -0.05) is 62.6 Å². The van der Waals surface area contributed by atoms with E-state index in [1.165, 1.54) is 25.7 Å². The fourth-order valence-electron chi connectivity index (χ4n) is 6.00. The molecule has 1 aliphatic carbocycles. The van der Waals surface area contributed by atoms with Crippen LogP contribution in [-0.4, -0.2) is 60.1 Å². The van der Waals surface area contributed by atoms with Crippen molar-refractivity contribution < 1.29 is 19.0 Å². The van der Waals surface area contributed by atoms with Gasteiger partial charge in [-0.2, -0.15) is 0 Å². The lowest BCUT2D eigenvalue weighted by Gasteiger charge is -2.25. The number of hydrogen-bond acceptors (Lipinski definition) is 6. The average Bonchev–Trinajstić information content (AvgIpc) is 3.69. The summed E-state index contributed by atoms with van der Waals surface area (Å²) in [6.07, 6.45) is 8.40. The third-order valence-corrected chi connectivity index (χ3v) is 8.89. The number of ether oxygens (including phenoxy) is 3. The van der Waals surface area contributed by atoms with Crippen LogP contribution < -0.4 is 19.5 Å². The Bertz CT molecular complexity index is 1580. The number of rotatable bonds is 15. The molecule has 2 heterocycles. The highest BCUT2D eigenvalue weighted by Gasteiger charge is 2.26. The molecule has 0 spiro atoms. The second-order valence-corrected chi connectivity index (χ2v) is 12.5. The van der Waals surface area contributed by atoms with Crippen LogP contribution in [0, 0.1) is 5.92 Å². The zero-order valence-corrected chi connectivity index (χ0v) is 27.6. The van der Waals surface area contributed by atoms with Gasteiger partial charge in [0.2, 0.25) is 0 Å². The van der Waals surface area contributed by atoms with E-state index in [0.29, 0.717) is 61.7 Å². The number of benzene rings is 2. The Kier molecular flexibility index (Phi) is 11.2. The van der Waals surface area contributed by atoms with E-state index in [2.05, 4.69) is 29.6 Å². The lowest BCUT2D eigenvalue weighted by Crippen LogP contribution is -2.33. The molecule has 0 bridgehead atoms. The van der Waals surface area contributed by atoms with E-state index in [1.54, 1.807) is 26.4 Å². The predicted octanol–water partition coefficient (Wildman–Crippen LogP) is 7.20. The SMILES string of the molecule is COc1ccccc1Cc1c(CN(CCC(C)C)C(=O)c2ccc(OC)c(OCCNC3CCCC3)c2Cl)nc2ccccn12. The molecule has 5 rings (SSSR count). The number of aromatic nitrogens is 2. The second kappa shape index (κ2) is 15.5. The minimum absolute atomic E-state index is 0.169. The van der Waals surface area contributed by atoms with Gasteiger partial charge in [-0.15, -0.1) is 0 Å². The topological polar surface area (TPSA) is 77.3 Å². The van der Waals surface area contributed by atoms with Crippen LogP contribution in [0.5, 0.6) is 17.2 Å². The third-order valence-electron chi connectivity index (χ3n) is 8.51. The summed E-state index contributed by atoms with van der Waals surface area (Å²) in [5.74, 6) is 1.96. The van der Waals surface area contributed by atoms with Gasteiger partial charge in [0.05, 0.1) is 42.7 Å². The molecular weight excluding hydrogens is 588 g/mol. The number of imidazole rings is 1. The van der Waals surface area contributed by atoms with Crippen molar-refractivity contribution >= 4 is 23.2 Å². The van der Waals surface area contributed by atoms with E-state index < -0.39 is 0 Å². The Morgan fingerprint density at radius 3 is 2.56 bits per heavy atom. The largest absolute Gasteiger partial charge is 0.496 e. The molecule has 1 amide bonds. The van der Waals surface area contributed by atoms with Gasteiger partial charge >= 0.3 is 0 Å². The number of carbonyl (C=O) groups is 1. The van der Waals surface area contributed by atoms with Gasteiger partial charge in [-0.25, -0.2) is 4.98 Å². The van der Waals surface area contributed by atoms with Crippen molar-refractivity contribution in [1.82, 2.24) is 19.6 Å². The molecule has 0 saturated heterocycles. The predicted molar refractivity (Wildman–Crippen MR) is 179 cm³/mol. The van der Waals surface area contributed by atoms with Gasteiger partial charge in [0.1, 0.15) is 18.0 Å². The standard InChI is InChI=1S/C36H45ClN4O4/c1-25(2)18-21-40(24-29-30(41-20-10-9-15-33(41)39-29)23-26-11-5-8-14-31(26)43-3)36(42)28-16-17-32(44-4)35(34(28)37)45-22-19-38-27-12-6-7-13-27/h5,8-11,14-17,20,25,27,38H,6-7,12-13,18-19,21-24H2,1-4H3. The molecule has 1 aliphatic rings. The van der Waals surface area contributed by atoms with Gasteiger partial charge < -0.3 is 28.8 Å². The van der Waals surface area contributed by atoms with Crippen LogP contribution in [0.15, 0.2) is 60.8 Å². The number of halogens is 1. The highest BCUT2D eigenvalue weighted by atomic mass is 35.5. The summed E-state index contributed by atoms with van der Waals surface area (Å²) in [5, 5.41) is 3.82. The summed E-state index contributed by atoms with van der Waals surface area (Å²) in [4.78, 5) is 21.2. The molecule has 4 aromatic rings. The first-order chi connectivity index (χ1) is 21.9. The van der Waals surface area contributed by atoms with E-state index in [-0.39, 0.29) is 10.9 Å². The molecule has 0 aliphatic heterocycles. The molecule has 0 unspecified atom stereocenters. The second-order valence-electron chi connectivity index (χ2n) is 12.1. The van der Waals surface area contributed by atoms with Crippen LogP contribution in [-0.2, 0) is 13.0 Å². The fourth-order valence-corrected chi connectivity index (χ4v) is 6.29. The first kappa shape index (κ1) is 32.6. The van der Waals surface area contributed by atoms with Crippen LogP contribution >= 0.6 is 11.6 Å². The highest BCUT2D eigenvalue weighted by Crippen LogP contribution is 2.38. The number of methoxy groups -OCH3 is 2. The maximum atomic E-state index is 14.3. The summed E-state index contributed by atoms with van der Waals surface area (Å²) in [5.41, 5.74) is 4.11. The van der Waals surface area contributed by atoms with Crippen molar-refractivity contribution in [2.24, 2.45) is 5.92 Å². The Hall–Kier alpha value is -3.75. The Balaban J connectivity index is 1.43. The van der Waals surface area contributed by atoms with Crippen molar-refractivity contribution in [1.29, 1.82) is 0 Å². The average molecular weight is 633 g/mol. The zero-order chi connectivity index (χ0) is 31.8. The van der Waals surface area contributed by atoms with Gasteiger partial charge in [0.15, 0.2) is 11.5 Å². The molecule has 1 N–H and O–H groups in total. The quantitative estimate of drug-likeness (QED) is 0.140. The van der Waals surface area contributed by atoms with E-state index in [4.69, 9.17) is 30.8 Å². The molecule has 1 saturated carbocycles. The van der Waals surface area contributed by atoms with Crippen LogP contribution in [0.3, 0.4) is 0 Å². The first-order valence-electron chi connectivity index (χ1n) is 16.0. The minimum Gasteiger partial charge on any atom is -0.496 e. The lowest BCUT2D eigenvalue weighted by molar-refractivity contribution is 0.0733. The van der Waals surface area contributed by atoms with Gasteiger partial charge in [-0.05, 0) is 55.5 Å². The summed E-state index contributed by atoms with van der Waals surface area (Å²) < 4.78 is 19.5. The van der Waals surface area contributed by atoms with E-state index in [1.807, 2.05) is 47.5 Å². The number of para-hydroxylation sites is 1. The Morgan fingerprint density at radius 1 is 1.04 bits per heavy atom. The molecule has 1 fully saturated rings. The molecule has 8 nitrogen and oxygen atoms in total. The number of amides is 1. The normalized spacial score (nSPS) is 13.5. The number of nitrogens with zero attached hydrogens (tertiary/aromatic N) is 3. The van der Waals surface area contributed by atoms with Gasteiger partial charge in [-0.3, -0.25) is 4.79 Å². The molecule has 45 heavy (non-hydrogen) atoms. The Morgan fingerprint density at radius 2 is 1.80 bits per heavy atom. The molecule has 2 aromatic heterocycles. The number of carbonyl (C=O) groups excluding carboxylic acids is 1. The Labute approximate surface area is 271 Å². The maximum absolute atomic E-state index is 14.3. The van der Waals surface area contributed by atoms with Gasteiger partial charge in [0, 0.05) is 37.3 Å². The highest BCUT2D eigenvalue weighted by molar-refractivity contribution is 6.35. The lowest BCUT2D eigenvalue weighted by atomic mass is 10.1.